The molecule has 1 aliphatic carbocycles. The summed E-state index contributed by atoms with van der Waals surface area (Å²) in [4.78, 5) is 20.0. The van der Waals surface area contributed by atoms with Gasteiger partial charge in [0.15, 0.2) is 17.2 Å². The van der Waals surface area contributed by atoms with Crippen LogP contribution in [0.25, 0.3) is 11.3 Å². The van der Waals surface area contributed by atoms with Gasteiger partial charge in [0.1, 0.15) is 5.69 Å². The Labute approximate surface area is 142 Å². The molecule has 1 fully saturated rings. The highest BCUT2D eigenvalue weighted by Crippen LogP contribution is 2.36. The molecule has 0 aliphatic heterocycles. The summed E-state index contributed by atoms with van der Waals surface area (Å²) >= 11 is 0. The van der Waals surface area contributed by atoms with Crippen molar-refractivity contribution < 1.29 is 27.8 Å². The molecule has 0 N–H and O–H groups in total. The van der Waals surface area contributed by atoms with Gasteiger partial charge in [0.2, 0.25) is 0 Å². The molecule has 0 spiro atoms. The van der Waals surface area contributed by atoms with E-state index in [1.54, 1.807) is 0 Å². The Bertz CT molecular complexity index is 766. The van der Waals surface area contributed by atoms with Crippen molar-refractivity contribution in [3.8, 4) is 22.8 Å². The lowest BCUT2D eigenvalue weighted by atomic mass is 10.1. The van der Waals surface area contributed by atoms with E-state index >= 15 is 0 Å². The van der Waals surface area contributed by atoms with Gasteiger partial charge in [-0.3, -0.25) is 4.98 Å². The van der Waals surface area contributed by atoms with Gasteiger partial charge in [-0.25, -0.2) is 9.78 Å². The Balaban J connectivity index is 1.96. The summed E-state index contributed by atoms with van der Waals surface area (Å²) in [6, 6.07) is 4.38. The molecule has 0 saturated heterocycles. The number of ether oxygens (including phenoxy) is 3. The molecule has 8 heteroatoms. The van der Waals surface area contributed by atoms with Crippen LogP contribution in [0.15, 0.2) is 30.6 Å². The summed E-state index contributed by atoms with van der Waals surface area (Å²) in [6.07, 6.45) is 4.91. The van der Waals surface area contributed by atoms with Gasteiger partial charge in [-0.05, 0) is 37.0 Å². The van der Waals surface area contributed by atoms with Crippen molar-refractivity contribution >= 4 is 5.97 Å². The Morgan fingerprint density at radius 1 is 1.24 bits per heavy atom. The first-order valence-corrected chi connectivity index (χ1v) is 7.70. The number of halogens is 2. The monoisotopic (exact) mass is 350 g/mol. The number of carbonyl (C=O) groups is 1. The van der Waals surface area contributed by atoms with Crippen molar-refractivity contribution in [3.05, 3.63) is 36.3 Å². The maximum atomic E-state index is 12.6. The molecular formula is C17H16F2N2O4. The molecule has 25 heavy (non-hydrogen) atoms. The van der Waals surface area contributed by atoms with Crippen LogP contribution in [0.1, 0.15) is 23.3 Å². The molecule has 0 unspecified atom stereocenters. The average molecular weight is 350 g/mol. The summed E-state index contributed by atoms with van der Waals surface area (Å²) in [5, 5.41) is 0. The zero-order chi connectivity index (χ0) is 17.8. The number of hydrogen-bond acceptors (Lipinski definition) is 6. The van der Waals surface area contributed by atoms with Crippen molar-refractivity contribution in [3.63, 3.8) is 0 Å². The van der Waals surface area contributed by atoms with Crippen LogP contribution in [0, 0.1) is 5.92 Å². The van der Waals surface area contributed by atoms with Crippen LogP contribution in [0.2, 0.25) is 0 Å². The van der Waals surface area contributed by atoms with E-state index in [0.717, 1.165) is 12.8 Å². The fraction of sp³-hybridized carbons (Fsp3) is 0.353. The number of rotatable bonds is 7. The highest BCUT2D eigenvalue weighted by Gasteiger charge is 2.24. The van der Waals surface area contributed by atoms with Gasteiger partial charge < -0.3 is 14.2 Å². The third-order valence-electron chi connectivity index (χ3n) is 3.68. The fourth-order valence-electron chi connectivity index (χ4n) is 2.25. The van der Waals surface area contributed by atoms with E-state index in [1.807, 2.05) is 0 Å². The Kier molecular flexibility index (Phi) is 5.06. The normalized spacial score (nSPS) is 13.6. The van der Waals surface area contributed by atoms with Crippen LogP contribution < -0.4 is 9.47 Å². The van der Waals surface area contributed by atoms with Gasteiger partial charge in [-0.15, -0.1) is 0 Å². The fourth-order valence-corrected chi connectivity index (χ4v) is 2.25. The van der Waals surface area contributed by atoms with Gasteiger partial charge in [0, 0.05) is 18.0 Å². The van der Waals surface area contributed by atoms with E-state index in [1.165, 1.54) is 37.7 Å². The van der Waals surface area contributed by atoms with Crippen molar-refractivity contribution in [1.82, 2.24) is 9.97 Å². The summed E-state index contributed by atoms with van der Waals surface area (Å²) in [5.41, 5.74) is 0.788. The molecule has 0 bridgehead atoms. The molecule has 1 heterocycles. The first-order valence-electron chi connectivity index (χ1n) is 7.70. The molecule has 132 valence electrons. The molecule has 1 saturated carbocycles. The Morgan fingerprint density at radius 3 is 2.68 bits per heavy atom. The minimum atomic E-state index is -2.96. The minimum Gasteiger partial charge on any atom is -0.489 e. The molecule has 0 radical (unpaired) electrons. The molecule has 1 aliphatic rings. The number of aromatic nitrogens is 2. The van der Waals surface area contributed by atoms with Crippen LogP contribution in [0.4, 0.5) is 8.78 Å². The predicted octanol–water partition coefficient (Wildman–Crippen LogP) is 3.32. The molecule has 0 amide bonds. The Hall–Kier alpha value is -2.77. The van der Waals surface area contributed by atoms with Crippen molar-refractivity contribution in [1.29, 1.82) is 0 Å². The zero-order valence-electron chi connectivity index (χ0n) is 13.4. The largest absolute Gasteiger partial charge is 0.489 e. The molecular weight excluding hydrogens is 334 g/mol. The molecule has 1 aromatic carbocycles. The number of nitrogens with zero attached hydrogens (tertiary/aromatic N) is 2. The van der Waals surface area contributed by atoms with Gasteiger partial charge >= 0.3 is 12.6 Å². The van der Waals surface area contributed by atoms with Gasteiger partial charge in [-0.2, -0.15) is 8.78 Å². The van der Waals surface area contributed by atoms with E-state index in [2.05, 4.69) is 14.7 Å². The number of esters is 1. The van der Waals surface area contributed by atoms with Crippen molar-refractivity contribution in [2.45, 2.75) is 19.5 Å². The second kappa shape index (κ2) is 7.42. The number of alkyl halides is 2. The van der Waals surface area contributed by atoms with E-state index in [4.69, 9.17) is 9.47 Å². The SMILES string of the molecule is COC(=O)c1nccnc1-c1ccc(OC(F)F)c(OCC2CC2)c1. The number of hydrogen-bond donors (Lipinski definition) is 0. The van der Waals surface area contributed by atoms with E-state index in [-0.39, 0.29) is 22.9 Å². The topological polar surface area (TPSA) is 70.5 Å². The standard InChI is InChI=1S/C17H16F2N2O4/c1-23-16(22)15-14(20-6-7-21-15)11-4-5-12(25-17(18)19)13(8-11)24-9-10-2-3-10/h4-8,10,17H,2-3,9H2,1H3. The first-order chi connectivity index (χ1) is 12.1. The highest BCUT2D eigenvalue weighted by molar-refractivity contribution is 5.94. The molecule has 6 nitrogen and oxygen atoms in total. The third kappa shape index (κ3) is 4.20. The summed E-state index contributed by atoms with van der Waals surface area (Å²) in [7, 11) is 1.24. The van der Waals surface area contributed by atoms with Gasteiger partial charge in [0.05, 0.1) is 13.7 Å². The van der Waals surface area contributed by atoms with Crippen LogP contribution in [-0.4, -0.2) is 36.3 Å². The minimum absolute atomic E-state index is 0.0284. The predicted molar refractivity (Wildman–Crippen MR) is 83.7 cm³/mol. The lowest BCUT2D eigenvalue weighted by Gasteiger charge is -2.14. The van der Waals surface area contributed by atoms with Gasteiger partial charge in [0.25, 0.3) is 0 Å². The maximum Gasteiger partial charge on any atom is 0.387 e. The lowest BCUT2D eigenvalue weighted by Crippen LogP contribution is -2.09. The molecule has 1 aromatic heterocycles. The quantitative estimate of drug-likeness (QED) is 0.714. The number of carbonyl (C=O) groups excluding carboxylic acids is 1. The van der Waals surface area contributed by atoms with E-state index in [9.17, 15) is 13.6 Å². The lowest BCUT2D eigenvalue weighted by molar-refractivity contribution is -0.0515. The summed E-state index contributed by atoms with van der Waals surface area (Å²) in [5.74, 6) is -0.101. The third-order valence-corrected chi connectivity index (χ3v) is 3.68. The van der Waals surface area contributed by atoms with Crippen molar-refractivity contribution in [2.75, 3.05) is 13.7 Å². The van der Waals surface area contributed by atoms with E-state index in [0.29, 0.717) is 18.1 Å². The smallest absolute Gasteiger partial charge is 0.387 e. The molecule has 0 atom stereocenters. The molecule has 2 aromatic rings. The zero-order valence-corrected chi connectivity index (χ0v) is 13.4. The molecule has 3 rings (SSSR count). The summed E-state index contributed by atoms with van der Waals surface area (Å²) < 4.78 is 40.0. The summed E-state index contributed by atoms with van der Waals surface area (Å²) in [6.45, 7) is -2.54. The highest BCUT2D eigenvalue weighted by atomic mass is 19.3. The van der Waals surface area contributed by atoms with Gasteiger partial charge in [-0.1, -0.05) is 0 Å². The van der Waals surface area contributed by atoms with Crippen LogP contribution in [-0.2, 0) is 4.74 Å². The second-order valence-corrected chi connectivity index (χ2v) is 5.54. The maximum absolute atomic E-state index is 12.6. The van der Waals surface area contributed by atoms with Crippen LogP contribution in [0.3, 0.4) is 0 Å². The van der Waals surface area contributed by atoms with Crippen LogP contribution >= 0.6 is 0 Å². The van der Waals surface area contributed by atoms with Crippen LogP contribution in [0.5, 0.6) is 11.5 Å². The number of methoxy groups -OCH3 is 1. The first kappa shape index (κ1) is 17.1. The number of benzene rings is 1. The average Bonchev–Trinajstić information content (AvgIpc) is 3.44. The second-order valence-electron chi connectivity index (χ2n) is 5.54. The van der Waals surface area contributed by atoms with E-state index < -0.39 is 12.6 Å². The van der Waals surface area contributed by atoms with Crippen molar-refractivity contribution in [2.24, 2.45) is 5.92 Å². The Morgan fingerprint density at radius 2 is 2.00 bits per heavy atom.